The molecule has 0 aromatic carbocycles. The average molecular weight is 470 g/mol. The first kappa shape index (κ1) is 23.4. The number of anilines is 1. The molecule has 11 heteroatoms. The van der Waals surface area contributed by atoms with Crippen molar-refractivity contribution >= 4 is 33.3 Å². The third-order valence-corrected chi connectivity index (χ3v) is 6.75. The highest BCUT2D eigenvalue weighted by Gasteiger charge is 2.40. The summed E-state index contributed by atoms with van der Waals surface area (Å²) in [7, 11) is -4.38. The molecule has 0 spiro atoms. The molecule has 0 bridgehead atoms. The second kappa shape index (κ2) is 9.05. The Balaban J connectivity index is 1.92. The molecule has 1 saturated heterocycles. The number of pyridine rings is 2. The molecule has 3 N–H and O–H groups in total. The number of nitrogens with one attached hydrogen (secondary N) is 1. The second-order valence-corrected chi connectivity index (χ2v) is 10.2. The van der Waals surface area contributed by atoms with Gasteiger partial charge in [0, 0.05) is 12.1 Å². The van der Waals surface area contributed by atoms with Crippen molar-refractivity contribution < 1.29 is 17.6 Å². The number of carbonyl (C=O) groups excluding carboxylic acids is 1. The van der Waals surface area contributed by atoms with Crippen LogP contribution < -0.4 is 15.4 Å². The maximum atomic E-state index is 13.4. The number of rotatable bonds is 7. The van der Waals surface area contributed by atoms with Gasteiger partial charge in [-0.15, -0.1) is 0 Å². The molecule has 1 aliphatic rings. The van der Waals surface area contributed by atoms with Gasteiger partial charge >= 0.3 is 0 Å². The van der Waals surface area contributed by atoms with E-state index in [2.05, 4.69) is 9.97 Å². The van der Waals surface area contributed by atoms with Crippen molar-refractivity contribution in [3.8, 4) is 0 Å². The summed E-state index contributed by atoms with van der Waals surface area (Å²) < 4.78 is 40.4. The van der Waals surface area contributed by atoms with Crippen LogP contribution in [0.15, 0.2) is 35.4 Å². The lowest BCUT2D eigenvalue weighted by molar-refractivity contribution is 0.0981. The number of nitrogens with two attached hydrogens (primary N) is 1. The van der Waals surface area contributed by atoms with Crippen LogP contribution in [0.3, 0.4) is 0 Å². The van der Waals surface area contributed by atoms with Crippen molar-refractivity contribution in [2.75, 3.05) is 18.0 Å². The molecular formula is C20H25ClFN5O3S. The minimum Gasteiger partial charge on any atom is -0.350 e. The van der Waals surface area contributed by atoms with E-state index in [4.69, 9.17) is 17.3 Å². The summed E-state index contributed by atoms with van der Waals surface area (Å²) in [5.41, 5.74) is 5.37. The van der Waals surface area contributed by atoms with Crippen LogP contribution in [0.25, 0.3) is 0 Å². The zero-order valence-electron chi connectivity index (χ0n) is 17.3. The second-order valence-electron chi connectivity index (χ2n) is 8.16. The minimum absolute atomic E-state index is 0.0527. The van der Waals surface area contributed by atoms with Gasteiger partial charge in [0.2, 0.25) is 5.95 Å². The van der Waals surface area contributed by atoms with Crippen LogP contribution in [0.5, 0.6) is 0 Å². The molecule has 0 aliphatic carbocycles. The van der Waals surface area contributed by atoms with Gasteiger partial charge in [-0.05, 0) is 69.8 Å². The van der Waals surface area contributed by atoms with Crippen molar-refractivity contribution in [1.82, 2.24) is 14.7 Å². The number of nitrogens with zero attached hydrogens (tertiary/aromatic N) is 3. The number of carbonyl (C=O) groups is 1. The van der Waals surface area contributed by atoms with Crippen LogP contribution in [-0.2, 0) is 10.0 Å². The number of amides is 1. The van der Waals surface area contributed by atoms with E-state index >= 15 is 0 Å². The molecule has 2 aromatic heterocycles. The standard InChI is InChI=1S/C20H25ClFN5O3S/c1-20(2)11-13(5-4-10-23)12-27(20)18-14(8-9-15(21)24-18)19(28)26-31(29,30)17-7-3-6-16(22)25-17/h3,6-9,13H,4-5,10-12,23H2,1-2H3,(H,26,28)/t13-/m0/s1. The van der Waals surface area contributed by atoms with Crippen molar-refractivity contribution in [3.63, 3.8) is 0 Å². The highest BCUT2D eigenvalue weighted by Crippen LogP contribution is 2.39. The molecule has 0 radical (unpaired) electrons. The lowest BCUT2D eigenvalue weighted by atomic mass is 9.93. The van der Waals surface area contributed by atoms with E-state index in [-0.39, 0.29) is 16.3 Å². The summed E-state index contributed by atoms with van der Waals surface area (Å²) in [6.07, 6.45) is 2.70. The van der Waals surface area contributed by atoms with Gasteiger partial charge < -0.3 is 10.6 Å². The van der Waals surface area contributed by atoms with Gasteiger partial charge in [0.05, 0.1) is 5.56 Å². The van der Waals surface area contributed by atoms with E-state index in [9.17, 15) is 17.6 Å². The lowest BCUT2D eigenvalue weighted by Gasteiger charge is -2.33. The Morgan fingerprint density at radius 3 is 2.74 bits per heavy atom. The van der Waals surface area contributed by atoms with Gasteiger partial charge in [-0.25, -0.2) is 14.7 Å². The van der Waals surface area contributed by atoms with Crippen LogP contribution >= 0.6 is 11.6 Å². The molecule has 3 heterocycles. The maximum absolute atomic E-state index is 13.4. The zero-order valence-corrected chi connectivity index (χ0v) is 18.9. The Bertz CT molecular complexity index is 1080. The molecule has 2 aromatic rings. The molecule has 1 amide bonds. The predicted octanol–water partition coefficient (Wildman–Crippen LogP) is 2.73. The SMILES string of the molecule is CC1(C)C[C@H](CCCN)CN1c1nc(Cl)ccc1C(=O)NS(=O)(=O)c1cccc(F)n1. The van der Waals surface area contributed by atoms with Crippen LogP contribution in [0, 0.1) is 11.9 Å². The van der Waals surface area contributed by atoms with Crippen LogP contribution in [0.4, 0.5) is 10.2 Å². The molecular weight excluding hydrogens is 445 g/mol. The van der Waals surface area contributed by atoms with E-state index in [1.54, 1.807) is 0 Å². The number of hydrogen-bond acceptors (Lipinski definition) is 7. The summed E-state index contributed by atoms with van der Waals surface area (Å²) in [5, 5.41) is -0.407. The Morgan fingerprint density at radius 1 is 1.32 bits per heavy atom. The quantitative estimate of drug-likeness (QED) is 0.598. The molecule has 31 heavy (non-hydrogen) atoms. The van der Waals surface area contributed by atoms with E-state index < -0.39 is 26.9 Å². The topological polar surface area (TPSA) is 118 Å². The Morgan fingerprint density at radius 2 is 2.06 bits per heavy atom. The largest absolute Gasteiger partial charge is 0.350 e. The fourth-order valence-corrected chi connectivity index (χ4v) is 5.00. The summed E-state index contributed by atoms with van der Waals surface area (Å²) in [5.74, 6) is -1.21. The average Bonchev–Trinajstić information content (AvgIpc) is 3.00. The Labute approximate surface area is 186 Å². The minimum atomic E-state index is -4.38. The maximum Gasteiger partial charge on any atom is 0.281 e. The van der Waals surface area contributed by atoms with Crippen LogP contribution in [0.1, 0.15) is 43.5 Å². The van der Waals surface area contributed by atoms with E-state index in [1.165, 1.54) is 18.2 Å². The predicted molar refractivity (Wildman–Crippen MR) is 116 cm³/mol. The molecule has 8 nitrogen and oxygen atoms in total. The summed E-state index contributed by atoms with van der Waals surface area (Å²) in [4.78, 5) is 22.6. The van der Waals surface area contributed by atoms with E-state index in [0.717, 1.165) is 31.4 Å². The molecule has 1 atom stereocenters. The van der Waals surface area contributed by atoms with Crippen molar-refractivity contribution in [2.45, 2.75) is 43.7 Å². The first-order chi connectivity index (χ1) is 14.5. The van der Waals surface area contributed by atoms with Crippen LogP contribution in [-0.4, -0.2) is 42.9 Å². The zero-order chi connectivity index (χ0) is 22.8. The number of halogens is 2. The normalized spacial score (nSPS) is 18.2. The van der Waals surface area contributed by atoms with Crippen molar-refractivity contribution in [3.05, 3.63) is 47.0 Å². The van der Waals surface area contributed by atoms with E-state index in [0.29, 0.717) is 24.8 Å². The molecule has 0 saturated carbocycles. The first-order valence-electron chi connectivity index (χ1n) is 9.87. The third kappa shape index (κ3) is 5.31. The summed E-state index contributed by atoms with van der Waals surface area (Å²) >= 11 is 6.10. The van der Waals surface area contributed by atoms with Gasteiger partial charge in [0.15, 0.2) is 5.03 Å². The van der Waals surface area contributed by atoms with Gasteiger partial charge in [-0.2, -0.15) is 12.8 Å². The smallest absolute Gasteiger partial charge is 0.281 e. The van der Waals surface area contributed by atoms with Gasteiger partial charge in [0.25, 0.3) is 15.9 Å². The van der Waals surface area contributed by atoms with Gasteiger partial charge in [0.1, 0.15) is 11.0 Å². The number of hydrogen-bond donors (Lipinski definition) is 2. The van der Waals surface area contributed by atoms with Gasteiger partial charge in [-0.3, -0.25) is 4.79 Å². The molecule has 1 aliphatic heterocycles. The highest BCUT2D eigenvalue weighted by atomic mass is 35.5. The molecule has 1 fully saturated rings. The van der Waals surface area contributed by atoms with Crippen molar-refractivity contribution in [2.24, 2.45) is 11.7 Å². The highest BCUT2D eigenvalue weighted by molar-refractivity contribution is 7.90. The molecule has 3 rings (SSSR count). The number of aromatic nitrogens is 2. The Kier molecular flexibility index (Phi) is 6.82. The third-order valence-electron chi connectivity index (χ3n) is 5.31. The fraction of sp³-hybridized carbons (Fsp3) is 0.450. The Hall–Kier alpha value is -2.30. The molecule has 168 valence electrons. The van der Waals surface area contributed by atoms with Crippen LogP contribution in [0.2, 0.25) is 5.15 Å². The lowest BCUT2D eigenvalue weighted by Crippen LogP contribution is -2.41. The monoisotopic (exact) mass is 469 g/mol. The summed E-state index contributed by atoms with van der Waals surface area (Å²) in [6, 6.07) is 6.16. The first-order valence-corrected chi connectivity index (χ1v) is 11.7. The van der Waals surface area contributed by atoms with E-state index in [1.807, 2.05) is 23.5 Å². The van der Waals surface area contributed by atoms with Crippen molar-refractivity contribution in [1.29, 1.82) is 0 Å². The molecule has 0 unspecified atom stereocenters. The van der Waals surface area contributed by atoms with Gasteiger partial charge in [-0.1, -0.05) is 17.7 Å². The fourth-order valence-electron chi connectivity index (χ4n) is 3.94. The number of sulfonamides is 1. The summed E-state index contributed by atoms with van der Waals surface area (Å²) in [6.45, 7) is 5.31.